The van der Waals surface area contributed by atoms with E-state index in [1.807, 2.05) is 12.1 Å². The number of benzene rings is 4. The maximum absolute atomic E-state index is 6.29. The number of para-hydroxylation sites is 2. The quantitative estimate of drug-likeness (QED) is 0.228. The average molecular weight is 452 g/mol. The van der Waals surface area contributed by atoms with E-state index in [4.69, 9.17) is 4.74 Å². The summed E-state index contributed by atoms with van der Waals surface area (Å²) in [4.78, 5) is 0. The standard InChI is InChI=1S/C27H18BrNO/c1-27(2)18-8-4-3-7-15(18)16-13-17-22(14-19(16)27)29-21-9-5-6-10-23(21)30-24-12-11-20(28)25(17)26(24)29/h3-14H,1-2H3. The number of hydrogen-bond acceptors (Lipinski definition) is 1. The third kappa shape index (κ3) is 1.85. The zero-order valence-corrected chi connectivity index (χ0v) is 18.2. The molecular formula is C27H18BrNO. The van der Waals surface area contributed by atoms with Crippen LogP contribution in [0, 0.1) is 0 Å². The lowest BCUT2D eigenvalue weighted by atomic mass is 9.82. The fourth-order valence-electron chi connectivity index (χ4n) is 5.45. The van der Waals surface area contributed by atoms with Crippen molar-refractivity contribution in [1.29, 1.82) is 0 Å². The Kier molecular flexibility index (Phi) is 2.98. The first-order chi connectivity index (χ1) is 14.6. The number of aromatic nitrogens is 1. The van der Waals surface area contributed by atoms with Gasteiger partial charge in [-0.2, -0.15) is 0 Å². The molecule has 0 atom stereocenters. The fraction of sp³-hybridized carbons (Fsp3) is 0.111. The van der Waals surface area contributed by atoms with Crippen LogP contribution in [-0.2, 0) is 5.41 Å². The van der Waals surface area contributed by atoms with Gasteiger partial charge in [0.1, 0.15) is 0 Å². The van der Waals surface area contributed by atoms with Gasteiger partial charge in [0, 0.05) is 20.7 Å². The van der Waals surface area contributed by atoms with Gasteiger partial charge >= 0.3 is 0 Å². The smallest absolute Gasteiger partial charge is 0.152 e. The molecule has 1 aromatic heterocycles. The minimum Gasteiger partial charge on any atom is -0.453 e. The highest BCUT2D eigenvalue weighted by Crippen LogP contribution is 2.53. The van der Waals surface area contributed by atoms with Crippen molar-refractivity contribution in [2.24, 2.45) is 0 Å². The fourth-order valence-corrected chi connectivity index (χ4v) is 5.98. The molecule has 2 aliphatic rings. The minimum absolute atomic E-state index is 0.0262. The van der Waals surface area contributed by atoms with Crippen LogP contribution >= 0.6 is 15.9 Å². The molecule has 3 heteroatoms. The number of rotatable bonds is 0. The second-order valence-corrected chi connectivity index (χ2v) is 9.61. The molecule has 0 N–H and O–H groups in total. The van der Waals surface area contributed by atoms with Gasteiger partial charge in [0.05, 0.1) is 16.7 Å². The topological polar surface area (TPSA) is 14.2 Å². The molecule has 0 bridgehead atoms. The Morgan fingerprint density at radius 3 is 2.50 bits per heavy atom. The summed E-state index contributed by atoms with van der Waals surface area (Å²) in [5.74, 6) is 1.80. The van der Waals surface area contributed by atoms with Gasteiger partial charge in [0.25, 0.3) is 0 Å². The van der Waals surface area contributed by atoms with E-state index in [1.54, 1.807) is 0 Å². The molecule has 4 aromatic carbocycles. The number of hydrogen-bond donors (Lipinski definition) is 0. The van der Waals surface area contributed by atoms with E-state index in [2.05, 4.69) is 95.0 Å². The van der Waals surface area contributed by atoms with Crippen molar-refractivity contribution in [2.45, 2.75) is 19.3 Å². The minimum atomic E-state index is -0.0262. The molecule has 0 fully saturated rings. The lowest BCUT2D eigenvalue weighted by Crippen LogP contribution is -2.15. The van der Waals surface area contributed by atoms with Gasteiger partial charge < -0.3 is 9.30 Å². The largest absolute Gasteiger partial charge is 0.453 e. The maximum Gasteiger partial charge on any atom is 0.152 e. The molecule has 7 rings (SSSR count). The average Bonchev–Trinajstić information content (AvgIpc) is 3.21. The molecule has 0 saturated carbocycles. The lowest BCUT2D eigenvalue weighted by molar-refractivity contribution is 0.476. The first kappa shape index (κ1) is 16.7. The van der Waals surface area contributed by atoms with E-state index >= 15 is 0 Å². The van der Waals surface area contributed by atoms with E-state index in [0.717, 1.165) is 27.2 Å². The highest BCUT2D eigenvalue weighted by atomic mass is 79.9. The Bertz CT molecular complexity index is 1560. The maximum atomic E-state index is 6.29. The van der Waals surface area contributed by atoms with Crippen LogP contribution in [0.3, 0.4) is 0 Å². The van der Waals surface area contributed by atoms with Crippen LogP contribution in [0.2, 0.25) is 0 Å². The van der Waals surface area contributed by atoms with E-state index in [0.29, 0.717) is 0 Å². The number of nitrogens with zero attached hydrogens (tertiary/aromatic N) is 1. The lowest BCUT2D eigenvalue weighted by Gasteiger charge is -2.23. The third-order valence-corrected chi connectivity index (χ3v) is 7.51. The predicted molar refractivity (Wildman–Crippen MR) is 126 cm³/mol. The monoisotopic (exact) mass is 451 g/mol. The highest BCUT2D eigenvalue weighted by molar-refractivity contribution is 9.10. The first-order valence-electron chi connectivity index (χ1n) is 10.2. The molecule has 2 nitrogen and oxygen atoms in total. The van der Waals surface area contributed by atoms with Gasteiger partial charge in [-0.1, -0.05) is 66.2 Å². The molecule has 0 radical (unpaired) electrons. The van der Waals surface area contributed by atoms with Crippen LogP contribution in [0.25, 0.3) is 38.6 Å². The molecule has 0 unspecified atom stereocenters. The van der Waals surface area contributed by atoms with Crippen molar-refractivity contribution >= 4 is 37.7 Å². The summed E-state index contributed by atoms with van der Waals surface area (Å²) >= 11 is 3.82. The van der Waals surface area contributed by atoms with Crippen molar-refractivity contribution in [3.63, 3.8) is 0 Å². The van der Waals surface area contributed by atoms with E-state index in [-0.39, 0.29) is 5.41 Å². The number of fused-ring (bicyclic) bond motifs is 8. The Labute approximate surface area is 182 Å². The zero-order valence-electron chi connectivity index (χ0n) is 16.7. The predicted octanol–water partition coefficient (Wildman–Crippen LogP) is 7.96. The molecule has 0 amide bonds. The van der Waals surface area contributed by atoms with E-state index in [1.165, 1.54) is 38.5 Å². The van der Waals surface area contributed by atoms with Gasteiger partial charge in [-0.3, -0.25) is 0 Å². The summed E-state index contributed by atoms with van der Waals surface area (Å²) < 4.78 is 9.76. The normalized spacial score (nSPS) is 15.0. The van der Waals surface area contributed by atoms with Crippen molar-refractivity contribution < 1.29 is 4.74 Å². The van der Waals surface area contributed by atoms with E-state index in [9.17, 15) is 0 Å². The Morgan fingerprint density at radius 2 is 1.60 bits per heavy atom. The van der Waals surface area contributed by atoms with Crippen LogP contribution in [0.5, 0.6) is 11.5 Å². The van der Waals surface area contributed by atoms with Crippen molar-refractivity contribution in [2.75, 3.05) is 0 Å². The number of halogens is 1. The molecule has 1 aliphatic carbocycles. The summed E-state index contributed by atoms with van der Waals surface area (Å²) in [5.41, 5.74) is 8.91. The Morgan fingerprint density at radius 1 is 0.800 bits per heavy atom. The molecule has 2 heterocycles. The molecular weight excluding hydrogens is 434 g/mol. The summed E-state index contributed by atoms with van der Waals surface area (Å²) in [7, 11) is 0. The van der Waals surface area contributed by atoms with Crippen LogP contribution in [0.1, 0.15) is 25.0 Å². The number of ether oxygens (including phenoxy) is 1. The zero-order chi connectivity index (χ0) is 20.2. The van der Waals surface area contributed by atoms with Gasteiger partial charge in [-0.25, -0.2) is 0 Å². The second-order valence-electron chi connectivity index (χ2n) is 8.76. The Hall–Kier alpha value is -3.04. The summed E-state index contributed by atoms with van der Waals surface area (Å²) in [6.07, 6.45) is 0. The highest BCUT2D eigenvalue weighted by Gasteiger charge is 2.36. The van der Waals surface area contributed by atoms with Crippen molar-refractivity contribution in [3.8, 4) is 28.3 Å². The summed E-state index contributed by atoms with van der Waals surface area (Å²) in [6, 6.07) is 26.1. The van der Waals surface area contributed by atoms with Gasteiger partial charge in [0.15, 0.2) is 11.5 Å². The molecule has 30 heavy (non-hydrogen) atoms. The molecule has 5 aromatic rings. The SMILES string of the molecule is CC1(C)c2ccccc2-c2cc3c4c(Br)ccc5c4n(c3cc21)-c1ccccc1O5. The Balaban J connectivity index is 1.71. The van der Waals surface area contributed by atoms with Gasteiger partial charge in [0.2, 0.25) is 0 Å². The van der Waals surface area contributed by atoms with Gasteiger partial charge in [-0.05, 0) is 58.7 Å². The summed E-state index contributed by atoms with van der Waals surface area (Å²) in [5, 5.41) is 2.47. The first-order valence-corrected chi connectivity index (χ1v) is 11.0. The van der Waals surface area contributed by atoms with Crippen LogP contribution in [-0.4, -0.2) is 4.57 Å². The van der Waals surface area contributed by atoms with Crippen LogP contribution < -0.4 is 4.74 Å². The molecule has 1 aliphatic heterocycles. The van der Waals surface area contributed by atoms with Gasteiger partial charge in [-0.15, -0.1) is 0 Å². The summed E-state index contributed by atoms with van der Waals surface area (Å²) in [6.45, 7) is 4.67. The second kappa shape index (κ2) is 5.35. The molecule has 0 spiro atoms. The van der Waals surface area contributed by atoms with Crippen LogP contribution in [0.4, 0.5) is 0 Å². The van der Waals surface area contributed by atoms with Crippen LogP contribution in [0.15, 0.2) is 77.3 Å². The van der Waals surface area contributed by atoms with Crippen molar-refractivity contribution in [1.82, 2.24) is 4.57 Å². The third-order valence-electron chi connectivity index (χ3n) is 6.85. The molecule has 144 valence electrons. The molecule has 0 saturated heterocycles. The van der Waals surface area contributed by atoms with Crippen molar-refractivity contribution in [3.05, 3.63) is 88.4 Å². The van der Waals surface area contributed by atoms with E-state index < -0.39 is 0 Å².